The van der Waals surface area contributed by atoms with Crippen LogP contribution >= 0.6 is 22.7 Å². The molecule has 108 valence electrons. The van der Waals surface area contributed by atoms with E-state index in [1.54, 1.807) is 12.1 Å². The average Bonchev–Trinajstić information content (AvgIpc) is 3.01. The molecule has 0 fully saturated rings. The Labute approximate surface area is 128 Å². The van der Waals surface area contributed by atoms with Gasteiger partial charge in [-0.3, -0.25) is 4.79 Å². The van der Waals surface area contributed by atoms with Crippen molar-refractivity contribution >= 4 is 44.4 Å². The van der Waals surface area contributed by atoms with Crippen LogP contribution in [0.5, 0.6) is 0 Å². The number of halogens is 1. The number of nitrogens with zero attached hydrogens (tertiary/aromatic N) is 1. The van der Waals surface area contributed by atoms with Crippen molar-refractivity contribution in [2.75, 3.05) is 5.73 Å². The second-order valence-electron chi connectivity index (χ2n) is 4.52. The SMILES string of the molecule is Cc1csc(CNC(=O)c2sc3cccc(F)c3c2N)n1. The van der Waals surface area contributed by atoms with Gasteiger partial charge in [0.1, 0.15) is 15.7 Å². The van der Waals surface area contributed by atoms with Gasteiger partial charge in [0.15, 0.2) is 0 Å². The lowest BCUT2D eigenvalue weighted by Gasteiger charge is -2.02. The first-order valence-electron chi connectivity index (χ1n) is 6.22. The molecule has 0 atom stereocenters. The summed E-state index contributed by atoms with van der Waals surface area (Å²) in [5, 5.41) is 5.83. The number of fused-ring (bicyclic) bond motifs is 1. The monoisotopic (exact) mass is 321 g/mol. The molecule has 2 heterocycles. The molecule has 0 spiro atoms. The number of nitrogens with two attached hydrogens (primary N) is 1. The summed E-state index contributed by atoms with van der Waals surface area (Å²) in [6.07, 6.45) is 0. The summed E-state index contributed by atoms with van der Waals surface area (Å²) in [6.45, 7) is 2.24. The summed E-state index contributed by atoms with van der Waals surface area (Å²) in [6, 6.07) is 4.69. The van der Waals surface area contributed by atoms with E-state index in [2.05, 4.69) is 10.3 Å². The lowest BCUT2D eigenvalue weighted by Crippen LogP contribution is -2.22. The van der Waals surface area contributed by atoms with Gasteiger partial charge in [0, 0.05) is 15.8 Å². The van der Waals surface area contributed by atoms with Crippen molar-refractivity contribution < 1.29 is 9.18 Å². The highest BCUT2D eigenvalue weighted by atomic mass is 32.1. The number of aryl methyl sites for hydroxylation is 1. The number of rotatable bonds is 3. The molecule has 0 aliphatic carbocycles. The maximum atomic E-state index is 13.8. The normalized spacial score (nSPS) is 11.0. The largest absolute Gasteiger partial charge is 0.397 e. The third-order valence-corrected chi connectivity index (χ3v) is 5.11. The first-order chi connectivity index (χ1) is 10.1. The van der Waals surface area contributed by atoms with E-state index in [1.165, 1.54) is 28.7 Å². The van der Waals surface area contributed by atoms with Gasteiger partial charge < -0.3 is 11.1 Å². The van der Waals surface area contributed by atoms with Gasteiger partial charge in [-0.2, -0.15) is 0 Å². The molecule has 1 amide bonds. The molecule has 0 unspecified atom stereocenters. The number of anilines is 1. The summed E-state index contributed by atoms with van der Waals surface area (Å²) in [5.41, 5.74) is 7.03. The van der Waals surface area contributed by atoms with E-state index in [0.29, 0.717) is 21.5 Å². The van der Waals surface area contributed by atoms with E-state index < -0.39 is 5.82 Å². The topological polar surface area (TPSA) is 68.0 Å². The Balaban J connectivity index is 1.84. The molecule has 0 aliphatic heterocycles. The van der Waals surface area contributed by atoms with Crippen LogP contribution in [0.4, 0.5) is 10.1 Å². The average molecular weight is 321 g/mol. The van der Waals surface area contributed by atoms with Crippen LogP contribution in [0, 0.1) is 12.7 Å². The Morgan fingerprint density at radius 2 is 2.29 bits per heavy atom. The Morgan fingerprint density at radius 1 is 1.48 bits per heavy atom. The van der Waals surface area contributed by atoms with Crippen LogP contribution in [-0.4, -0.2) is 10.9 Å². The van der Waals surface area contributed by atoms with Gasteiger partial charge in [-0.25, -0.2) is 9.37 Å². The van der Waals surface area contributed by atoms with Gasteiger partial charge in [-0.1, -0.05) is 6.07 Å². The standard InChI is InChI=1S/C14H12FN3OS2/c1-7-6-20-10(18-7)5-17-14(19)13-12(16)11-8(15)3-2-4-9(11)21-13/h2-4,6H,5,16H2,1H3,(H,17,19). The van der Waals surface area contributed by atoms with Gasteiger partial charge in [0.25, 0.3) is 5.91 Å². The number of nitrogen functional groups attached to an aromatic ring is 1. The molecule has 1 aromatic carbocycles. The Hall–Kier alpha value is -1.99. The van der Waals surface area contributed by atoms with Crippen molar-refractivity contribution in [1.82, 2.24) is 10.3 Å². The minimum absolute atomic E-state index is 0.195. The van der Waals surface area contributed by atoms with Gasteiger partial charge in [0.2, 0.25) is 0 Å². The molecule has 0 saturated carbocycles. The number of carbonyl (C=O) groups excluding carboxylic acids is 1. The zero-order valence-electron chi connectivity index (χ0n) is 11.1. The molecule has 0 saturated heterocycles. The Kier molecular flexibility index (Phi) is 3.60. The van der Waals surface area contributed by atoms with Gasteiger partial charge in [-0.05, 0) is 19.1 Å². The Bertz CT molecular complexity index is 825. The summed E-state index contributed by atoms with van der Waals surface area (Å²) in [5.74, 6) is -0.711. The lowest BCUT2D eigenvalue weighted by molar-refractivity contribution is 0.0956. The van der Waals surface area contributed by atoms with Gasteiger partial charge in [-0.15, -0.1) is 22.7 Å². The number of thiazole rings is 1. The molecule has 0 aliphatic rings. The van der Waals surface area contributed by atoms with Crippen molar-refractivity contribution in [2.45, 2.75) is 13.5 Å². The quantitative estimate of drug-likeness (QED) is 0.777. The molecular weight excluding hydrogens is 309 g/mol. The lowest BCUT2D eigenvalue weighted by atomic mass is 10.2. The van der Waals surface area contributed by atoms with E-state index in [1.807, 2.05) is 12.3 Å². The third-order valence-electron chi connectivity index (χ3n) is 2.97. The fraction of sp³-hybridized carbons (Fsp3) is 0.143. The van der Waals surface area contributed by atoms with E-state index >= 15 is 0 Å². The number of benzene rings is 1. The van der Waals surface area contributed by atoms with Gasteiger partial charge in [0.05, 0.1) is 17.6 Å². The van der Waals surface area contributed by atoms with Crippen LogP contribution in [0.2, 0.25) is 0 Å². The van der Waals surface area contributed by atoms with E-state index in [-0.39, 0.29) is 11.6 Å². The maximum absolute atomic E-state index is 13.8. The molecule has 3 N–H and O–H groups in total. The van der Waals surface area contributed by atoms with Crippen molar-refractivity contribution in [2.24, 2.45) is 0 Å². The number of thiophene rings is 1. The highest BCUT2D eigenvalue weighted by molar-refractivity contribution is 7.21. The number of carbonyl (C=O) groups is 1. The predicted molar refractivity (Wildman–Crippen MR) is 84.2 cm³/mol. The molecule has 21 heavy (non-hydrogen) atoms. The highest BCUT2D eigenvalue weighted by Gasteiger charge is 2.18. The smallest absolute Gasteiger partial charge is 0.263 e. The predicted octanol–water partition coefficient (Wildman–Crippen LogP) is 3.32. The number of hydrogen-bond acceptors (Lipinski definition) is 5. The molecular formula is C14H12FN3OS2. The molecule has 0 radical (unpaired) electrons. The first-order valence-corrected chi connectivity index (χ1v) is 7.91. The van der Waals surface area contributed by atoms with Crippen LogP contribution in [-0.2, 0) is 6.54 Å². The summed E-state index contributed by atoms with van der Waals surface area (Å²) >= 11 is 2.68. The fourth-order valence-electron chi connectivity index (χ4n) is 2.02. The van der Waals surface area contributed by atoms with Crippen molar-refractivity contribution in [3.63, 3.8) is 0 Å². The third kappa shape index (κ3) is 2.62. The number of nitrogens with one attached hydrogen (secondary N) is 1. The zero-order chi connectivity index (χ0) is 15.0. The number of hydrogen-bond donors (Lipinski definition) is 2. The summed E-state index contributed by atoms with van der Waals surface area (Å²) < 4.78 is 14.4. The molecule has 7 heteroatoms. The van der Waals surface area contributed by atoms with Crippen LogP contribution in [0.15, 0.2) is 23.6 Å². The van der Waals surface area contributed by atoms with Crippen LogP contribution in [0.3, 0.4) is 0 Å². The summed E-state index contributed by atoms with van der Waals surface area (Å²) in [4.78, 5) is 16.8. The van der Waals surface area contributed by atoms with E-state index in [9.17, 15) is 9.18 Å². The van der Waals surface area contributed by atoms with Crippen molar-refractivity contribution in [3.8, 4) is 0 Å². The van der Waals surface area contributed by atoms with Crippen LogP contribution in [0.25, 0.3) is 10.1 Å². The van der Waals surface area contributed by atoms with Gasteiger partial charge >= 0.3 is 0 Å². The molecule has 0 bridgehead atoms. The number of aromatic nitrogens is 1. The van der Waals surface area contributed by atoms with Crippen LogP contribution in [0.1, 0.15) is 20.4 Å². The minimum atomic E-state index is -0.407. The number of amides is 1. The second kappa shape index (κ2) is 5.42. The van der Waals surface area contributed by atoms with Crippen LogP contribution < -0.4 is 11.1 Å². The molecule has 4 nitrogen and oxygen atoms in total. The minimum Gasteiger partial charge on any atom is -0.397 e. The second-order valence-corrected chi connectivity index (χ2v) is 6.52. The Morgan fingerprint density at radius 3 is 2.95 bits per heavy atom. The van der Waals surface area contributed by atoms with Crippen molar-refractivity contribution in [3.05, 3.63) is 45.0 Å². The van der Waals surface area contributed by atoms with E-state index in [4.69, 9.17) is 5.73 Å². The molecule has 3 aromatic rings. The summed E-state index contributed by atoms with van der Waals surface area (Å²) in [7, 11) is 0. The molecule has 3 rings (SSSR count). The first kappa shape index (κ1) is 14.0. The van der Waals surface area contributed by atoms with E-state index in [0.717, 1.165) is 10.7 Å². The maximum Gasteiger partial charge on any atom is 0.263 e. The molecule has 2 aromatic heterocycles. The highest BCUT2D eigenvalue weighted by Crippen LogP contribution is 2.35. The zero-order valence-corrected chi connectivity index (χ0v) is 12.8. The van der Waals surface area contributed by atoms with Crippen molar-refractivity contribution in [1.29, 1.82) is 0 Å². The fourth-order valence-corrected chi connectivity index (χ4v) is 3.78.